The van der Waals surface area contributed by atoms with Crippen LogP contribution < -0.4 is 10.5 Å². The number of ether oxygens (including phenoxy) is 1. The molecule has 0 bridgehead atoms. The molecule has 0 atom stereocenters. The molecule has 3 aromatic rings. The Morgan fingerprint density at radius 1 is 1.11 bits per heavy atom. The standard InChI is InChI=1S/C14H12N2OS/c15-9-10-4-3-5-11(8-10)17-14-16-12-6-1-2-7-13(12)18-14/h1-8H,9,15H2. The van der Waals surface area contributed by atoms with Gasteiger partial charge in [0, 0.05) is 6.54 Å². The highest BCUT2D eigenvalue weighted by Gasteiger charge is 2.05. The summed E-state index contributed by atoms with van der Waals surface area (Å²) in [6.45, 7) is 0.511. The Labute approximate surface area is 109 Å². The second-order valence-electron chi connectivity index (χ2n) is 3.90. The Morgan fingerprint density at radius 2 is 2.00 bits per heavy atom. The predicted molar refractivity (Wildman–Crippen MR) is 74.0 cm³/mol. The van der Waals surface area contributed by atoms with E-state index in [9.17, 15) is 0 Å². The number of fused-ring (bicyclic) bond motifs is 1. The van der Waals surface area contributed by atoms with E-state index in [2.05, 4.69) is 4.98 Å². The van der Waals surface area contributed by atoms with Crippen LogP contribution in [0.2, 0.25) is 0 Å². The number of hydrogen-bond donors (Lipinski definition) is 1. The molecule has 90 valence electrons. The third-order valence-electron chi connectivity index (χ3n) is 2.61. The van der Waals surface area contributed by atoms with Crippen LogP contribution in [0.15, 0.2) is 48.5 Å². The lowest BCUT2D eigenvalue weighted by Crippen LogP contribution is -1.95. The van der Waals surface area contributed by atoms with Crippen LogP contribution in [0.3, 0.4) is 0 Å². The molecule has 0 aliphatic rings. The van der Waals surface area contributed by atoms with Crippen LogP contribution in [0.4, 0.5) is 0 Å². The molecule has 4 heteroatoms. The van der Waals surface area contributed by atoms with Gasteiger partial charge in [0.05, 0.1) is 10.2 Å². The average Bonchev–Trinajstić information content (AvgIpc) is 2.81. The summed E-state index contributed by atoms with van der Waals surface area (Å²) in [6.07, 6.45) is 0. The zero-order valence-electron chi connectivity index (χ0n) is 9.67. The fourth-order valence-electron chi connectivity index (χ4n) is 1.73. The molecule has 0 aliphatic carbocycles. The molecule has 2 N–H and O–H groups in total. The number of benzene rings is 2. The highest BCUT2D eigenvalue weighted by Crippen LogP contribution is 2.31. The molecule has 2 aromatic carbocycles. The fraction of sp³-hybridized carbons (Fsp3) is 0.0714. The molecule has 0 spiro atoms. The topological polar surface area (TPSA) is 48.1 Å². The van der Waals surface area contributed by atoms with Crippen molar-refractivity contribution in [2.45, 2.75) is 6.54 Å². The molecule has 0 saturated carbocycles. The first-order chi connectivity index (χ1) is 8.85. The maximum Gasteiger partial charge on any atom is 0.279 e. The van der Waals surface area contributed by atoms with Crippen LogP contribution in [0.25, 0.3) is 10.2 Å². The normalized spacial score (nSPS) is 10.7. The highest BCUT2D eigenvalue weighted by atomic mass is 32.1. The lowest BCUT2D eigenvalue weighted by atomic mass is 10.2. The predicted octanol–water partition coefficient (Wildman–Crippen LogP) is 3.55. The summed E-state index contributed by atoms with van der Waals surface area (Å²) >= 11 is 1.54. The fourth-order valence-corrected chi connectivity index (χ4v) is 2.57. The summed E-state index contributed by atoms with van der Waals surface area (Å²) in [6, 6.07) is 15.7. The van der Waals surface area contributed by atoms with E-state index in [1.54, 1.807) is 11.3 Å². The summed E-state index contributed by atoms with van der Waals surface area (Å²) in [5.41, 5.74) is 7.62. The van der Waals surface area contributed by atoms with Crippen molar-refractivity contribution in [3.05, 3.63) is 54.1 Å². The van der Waals surface area contributed by atoms with Crippen molar-refractivity contribution in [1.29, 1.82) is 0 Å². The van der Waals surface area contributed by atoms with E-state index in [0.717, 1.165) is 21.5 Å². The Morgan fingerprint density at radius 3 is 2.83 bits per heavy atom. The van der Waals surface area contributed by atoms with Crippen LogP contribution in [0.5, 0.6) is 10.9 Å². The average molecular weight is 256 g/mol. The molecule has 0 aliphatic heterocycles. The van der Waals surface area contributed by atoms with Crippen molar-refractivity contribution < 1.29 is 4.74 Å². The van der Waals surface area contributed by atoms with Gasteiger partial charge >= 0.3 is 0 Å². The van der Waals surface area contributed by atoms with Gasteiger partial charge in [-0.05, 0) is 29.8 Å². The SMILES string of the molecule is NCc1cccc(Oc2nc3ccccc3s2)c1. The summed E-state index contributed by atoms with van der Waals surface area (Å²) < 4.78 is 6.88. The summed E-state index contributed by atoms with van der Waals surface area (Å²) in [5.74, 6) is 0.775. The number of rotatable bonds is 3. The molecule has 3 nitrogen and oxygen atoms in total. The van der Waals surface area contributed by atoms with Crippen LogP contribution in [-0.2, 0) is 6.54 Å². The number of thiazole rings is 1. The number of hydrogen-bond acceptors (Lipinski definition) is 4. The largest absolute Gasteiger partial charge is 0.431 e. The van der Waals surface area contributed by atoms with E-state index in [-0.39, 0.29) is 0 Å². The quantitative estimate of drug-likeness (QED) is 0.779. The molecule has 0 radical (unpaired) electrons. The van der Waals surface area contributed by atoms with Crippen molar-refractivity contribution in [3.63, 3.8) is 0 Å². The van der Waals surface area contributed by atoms with Gasteiger partial charge in [0.1, 0.15) is 5.75 Å². The Kier molecular flexibility index (Phi) is 2.96. The molecular formula is C14H12N2OS. The third-order valence-corrected chi connectivity index (χ3v) is 3.53. The third kappa shape index (κ3) is 2.20. The second-order valence-corrected chi connectivity index (χ2v) is 4.89. The van der Waals surface area contributed by atoms with E-state index in [1.807, 2.05) is 48.5 Å². The van der Waals surface area contributed by atoms with Crippen LogP contribution in [-0.4, -0.2) is 4.98 Å². The van der Waals surface area contributed by atoms with Gasteiger partial charge in [-0.15, -0.1) is 0 Å². The zero-order valence-corrected chi connectivity index (χ0v) is 10.5. The number of nitrogens with two attached hydrogens (primary N) is 1. The van der Waals surface area contributed by atoms with Gasteiger partial charge in [-0.1, -0.05) is 35.6 Å². The molecule has 1 aromatic heterocycles. The van der Waals surface area contributed by atoms with Crippen LogP contribution >= 0.6 is 11.3 Å². The van der Waals surface area contributed by atoms with Crippen molar-refractivity contribution >= 4 is 21.6 Å². The van der Waals surface area contributed by atoms with Gasteiger partial charge in [0.15, 0.2) is 0 Å². The first-order valence-electron chi connectivity index (χ1n) is 5.67. The monoisotopic (exact) mass is 256 g/mol. The van der Waals surface area contributed by atoms with Crippen molar-refractivity contribution in [2.24, 2.45) is 5.73 Å². The van der Waals surface area contributed by atoms with E-state index in [0.29, 0.717) is 11.7 Å². The van der Waals surface area contributed by atoms with Gasteiger partial charge in [0.2, 0.25) is 0 Å². The first kappa shape index (κ1) is 11.2. The van der Waals surface area contributed by atoms with Gasteiger partial charge in [-0.25, -0.2) is 4.98 Å². The Balaban J connectivity index is 1.91. The molecule has 0 amide bonds. The minimum absolute atomic E-state index is 0.511. The Hall–Kier alpha value is -1.91. The van der Waals surface area contributed by atoms with Crippen LogP contribution in [0.1, 0.15) is 5.56 Å². The minimum atomic E-state index is 0.511. The number of nitrogens with zero attached hydrogens (tertiary/aromatic N) is 1. The molecule has 1 heterocycles. The highest BCUT2D eigenvalue weighted by molar-refractivity contribution is 7.20. The lowest BCUT2D eigenvalue weighted by molar-refractivity contribution is 0.479. The summed E-state index contributed by atoms with van der Waals surface area (Å²) in [7, 11) is 0. The molecule has 0 unspecified atom stereocenters. The maximum absolute atomic E-state index is 5.76. The van der Waals surface area contributed by atoms with Gasteiger partial charge in [-0.2, -0.15) is 0 Å². The summed E-state index contributed by atoms with van der Waals surface area (Å²) in [5, 5.41) is 0.658. The van der Waals surface area contributed by atoms with Crippen LogP contribution in [0, 0.1) is 0 Å². The van der Waals surface area contributed by atoms with Gasteiger partial charge in [-0.3, -0.25) is 0 Å². The van der Waals surface area contributed by atoms with E-state index in [4.69, 9.17) is 10.5 Å². The molecule has 18 heavy (non-hydrogen) atoms. The van der Waals surface area contributed by atoms with Gasteiger partial charge < -0.3 is 10.5 Å². The van der Waals surface area contributed by atoms with Crippen molar-refractivity contribution in [3.8, 4) is 10.9 Å². The first-order valence-corrected chi connectivity index (χ1v) is 6.49. The molecule has 0 saturated heterocycles. The smallest absolute Gasteiger partial charge is 0.279 e. The molecule has 3 rings (SSSR count). The van der Waals surface area contributed by atoms with E-state index >= 15 is 0 Å². The van der Waals surface area contributed by atoms with E-state index < -0.39 is 0 Å². The number of aromatic nitrogens is 1. The number of para-hydroxylation sites is 1. The van der Waals surface area contributed by atoms with Gasteiger partial charge in [0.25, 0.3) is 5.19 Å². The van der Waals surface area contributed by atoms with Crippen molar-refractivity contribution in [1.82, 2.24) is 4.98 Å². The zero-order chi connectivity index (χ0) is 12.4. The van der Waals surface area contributed by atoms with E-state index in [1.165, 1.54) is 0 Å². The minimum Gasteiger partial charge on any atom is -0.431 e. The molecule has 0 fully saturated rings. The maximum atomic E-state index is 5.76. The Bertz CT molecular complexity index is 645. The second kappa shape index (κ2) is 4.76. The van der Waals surface area contributed by atoms with Crippen molar-refractivity contribution in [2.75, 3.05) is 0 Å². The lowest BCUT2D eigenvalue weighted by Gasteiger charge is -2.02. The summed E-state index contributed by atoms with van der Waals surface area (Å²) in [4.78, 5) is 4.43. The molecular weight excluding hydrogens is 244 g/mol.